The van der Waals surface area contributed by atoms with Gasteiger partial charge >= 0.3 is 11.7 Å². The Hall–Kier alpha value is -0.910. The highest BCUT2D eigenvalue weighted by Gasteiger charge is 2.55. The van der Waals surface area contributed by atoms with Crippen LogP contribution in [0.25, 0.3) is 0 Å². The van der Waals surface area contributed by atoms with E-state index < -0.39 is 28.8 Å². The maximum Gasteiger partial charge on any atom is 0.396 e. The second-order valence-electron chi connectivity index (χ2n) is 4.11. The lowest BCUT2D eigenvalue weighted by Crippen LogP contribution is -2.67. The van der Waals surface area contributed by atoms with Crippen LogP contribution in [0.15, 0.2) is 12.7 Å². The monoisotopic (exact) mass is 218 g/mol. The van der Waals surface area contributed by atoms with E-state index in [9.17, 15) is 9.90 Å². The Morgan fingerprint density at radius 1 is 1.60 bits per heavy atom. The van der Waals surface area contributed by atoms with Crippen LogP contribution in [0.1, 0.15) is 13.3 Å². The smallest absolute Gasteiger partial charge is 0.396 e. The normalized spacial score (nSPS) is 17.9. The van der Waals surface area contributed by atoms with Crippen LogP contribution < -0.4 is 0 Å². The van der Waals surface area contributed by atoms with E-state index in [0.29, 0.717) is 6.42 Å². The number of likely N-dealkylation sites (N-methyl/N-ethyl adjacent to an activating group) is 1. The van der Waals surface area contributed by atoms with Crippen molar-refractivity contribution in [2.45, 2.75) is 19.1 Å². The Morgan fingerprint density at radius 2 is 2.07 bits per heavy atom. The van der Waals surface area contributed by atoms with Crippen LogP contribution in [0.3, 0.4) is 0 Å². The van der Waals surface area contributed by atoms with Crippen LogP contribution in [0.5, 0.6) is 0 Å². The summed E-state index contributed by atoms with van der Waals surface area (Å²) in [5.74, 6) is -1.97. The highest BCUT2D eigenvalue weighted by atomic mass is 16.4. The van der Waals surface area contributed by atoms with Gasteiger partial charge in [0.05, 0.1) is 20.0 Å². The number of rotatable bonds is 6. The summed E-state index contributed by atoms with van der Waals surface area (Å²) in [6.07, 6.45) is 1.84. The van der Waals surface area contributed by atoms with Crippen molar-refractivity contribution in [1.82, 2.24) is 0 Å². The quantitative estimate of drug-likeness (QED) is 0.333. The van der Waals surface area contributed by atoms with Gasteiger partial charge in [0.2, 0.25) is 0 Å². The summed E-state index contributed by atoms with van der Waals surface area (Å²) in [5, 5.41) is 28.5. The minimum absolute atomic E-state index is 0.424. The molecule has 0 radical (unpaired) electrons. The number of nitrogens with zero attached hydrogens (tertiary/aromatic N) is 1. The van der Waals surface area contributed by atoms with Gasteiger partial charge in [0.15, 0.2) is 6.73 Å². The highest BCUT2D eigenvalue weighted by molar-refractivity contribution is 5.75. The number of hydrogen-bond donors (Lipinski definition) is 3. The first-order valence-corrected chi connectivity index (χ1v) is 4.80. The largest absolute Gasteiger partial charge is 0.475 e. The Labute approximate surface area is 89.8 Å². The predicted molar refractivity (Wildman–Crippen MR) is 55.8 cm³/mol. The average molecular weight is 218 g/mol. The van der Waals surface area contributed by atoms with Crippen LogP contribution in [-0.2, 0) is 4.79 Å². The van der Waals surface area contributed by atoms with E-state index in [2.05, 4.69) is 6.58 Å². The molecule has 2 atom stereocenters. The second kappa shape index (κ2) is 4.74. The Morgan fingerprint density at radius 3 is 2.27 bits per heavy atom. The molecular formula is C10H20NO4+. The zero-order chi connectivity index (χ0) is 12.3. The van der Waals surface area contributed by atoms with E-state index in [1.165, 1.54) is 20.2 Å². The molecule has 0 saturated carbocycles. The number of aliphatic hydroxyl groups excluding tert-OH is 1. The minimum Gasteiger partial charge on any atom is -0.475 e. The van der Waals surface area contributed by atoms with Crippen molar-refractivity contribution in [1.29, 1.82) is 0 Å². The van der Waals surface area contributed by atoms with Crippen molar-refractivity contribution in [3.8, 4) is 0 Å². The van der Waals surface area contributed by atoms with E-state index in [1.807, 2.05) is 0 Å². The van der Waals surface area contributed by atoms with Crippen LogP contribution >= 0.6 is 0 Å². The lowest BCUT2D eigenvalue weighted by Gasteiger charge is -2.43. The SMILES string of the molecule is C=CC(CC)C(O)(C(=O)O)[N+](C)(C)CO. The molecule has 3 N–H and O–H groups in total. The molecule has 0 aromatic carbocycles. The molecule has 0 aliphatic rings. The molecule has 0 bridgehead atoms. The Balaban J connectivity index is 5.41. The zero-order valence-electron chi connectivity index (χ0n) is 9.47. The predicted octanol–water partition coefficient (Wildman–Crippen LogP) is -0.00200. The molecule has 0 spiro atoms. The maximum absolute atomic E-state index is 11.2. The van der Waals surface area contributed by atoms with Crippen LogP contribution in [0.2, 0.25) is 0 Å². The van der Waals surface area contributed by atoms with E-state index in [-0.39, 0.29) is 0 Å². The van der Waals surface area contributed by atoms with Crippen molar-refractivity contribution in [2.75, 3.05) is 20.8 Å². The first-order chi connectivity index (χ1) is 6.77. The number of aliphatic hydroxyl groups is 2. The van der Waals surface area contributed by atoms with E-state index in [1.54, 1.807) is 6.92 Å². The fraction of sp³-hybridized carbons (Fsp3) is 0.700. The summed E-state index contributed by atoms with van der Waals surface area (Å²) in [5.41, 5.74) is -2.05. The zero-order valence-corrected chi connectivity index (χ0v) is 9.47. The van der Waals surface area contributed by atoms with Crippen molar-refractivity contribution in [3.05, 3.63) is 12.7 Å². The molecule has 5 heteroatoms. The lowest BCUT2D eigenvalue weighted by atomic mass is 9.90. The molecule has 15 heavy (non-hydrogen) atoms. The molecule has 0 aromatic heterocycles. The molecule has 0 aliphatic carbocycles. The van der Waals surface area contributed by atoms with Crippen LogP contribution in [0.4, 0.5) is 0 Å². The fourth-order valence-corrected chi connectivity index (χ4v) is 1.59. The standard InChI is InChI=1S/C10H19NO4/c1-5-8(6-2)10(15,9(13)14)11(3,4)7-12/h5,8,12,15H,1,6-7H2,2-4H3/p+1. The van der Waals surface area contributed by atoms with Crippen LogP contribution in [0, 0.1) is 5.92 Å². The van der Waals surface area contributed by atoms with Gasteiger partial charge in [0.1, 0.15) is 0 Å². The Bertz CT molecular complexity index is 252. The van der Waals surface area contributed by atoms with E-state index in [0.717, 1.165) is 0 Å². The second-order valence-corrected chi connectivity index (χ2v) is 4.11. The van der Waals surface area contributed by atoms with Gasteiger partial charge in [-0.2, -0.15) is 0 Å². The van der Waals surface area contributed by atoms with Crippen molar-refractivity contribution in [3.63, 3.8) is 0 Å². The first kappa shape index (κ1) is 14.1. The van der Waals surface area contributed by atoms with Gasteiger partial charge in [-0.15, -0.1) is 6.58 Å². The van der Waals surface area contributed by atoms with E-state index >= 15 is 0 Å². The maximum atomic E-state index is 11.2. The summed E-state index contributed by atoms with van der Waals surface area (Å²) >= 11 is 0. The van der Waals surface area contributed by atoms with Gasteiger partial charge in [0.25, 0.3) is 0 Å². The molecule has 88 valence electrons. The first-order valence-electron chi connectivity index (χ1n) is 4.80. The molecule has 0 rings (SSSR count). The molecule has 2 unspecified atom stereocenters. The summed E-state index contributed by atoms with van der Waals surface area (Å²) in [4.78, 5) is 11.2. The number of carbonyl (C=O) groups is 1. The number of quaternary nitrogens is 1. The average Bonchev–Trinajstić information content (AvgIpc) is 2.18. The lowest BCUT2D eigenvalue weighted by molar-refractivity contribution is -0.975. The molecular weight excluding hydrogens is 198 g/mol. The number of aliphatic carboxylic acids is 1. The molecule has 0 fully saturated rings. The number of hydrogen-bond acceptors (Lipinski definition) is 3. The van der Waals surface area contributed by atoms with Gasteiger partial charge in [-0.25, -0.2) is 4.79 Å². The van der Waals surface area contributed by atoms with Crippen molar-refractivity contribution < 1.29 is 24.6 Å². The highest BCUT2D eigenvalue weighted by Crippen LogP contribution is 2.30. The van der Waals surface area contributed by atoms with E-state index in [4.69, 9.17) is 10.2 Å². The van der Waals surface area contributed by atoms with Crippen molar-refractivity contribution >= 4 is 5.97 Å². The summed E-state index contributed by atoms with van der Waals surface area (Å²) in [6.45, 7) is 4.81. The van der Waals surface area contributed by atoms with Crippen LogP contribution in [-0.4, -0.2) is 52.3 Å². The molecule has 0 aromatic rings. The molecule has 0 saturated heterocycles. The molecule has 0 aliphatic heterocycles. The number of carboxylic acids is 1. The van der Waals surface area contributed by atoms with Crippen molar-refractivity contribution in [2.24, 2.45) is 5.92 Å². The third-order valence-corrected chi connectivity index (χ3v) is 2.83. The summed E-state index contributed by atoms with van der Waals surface area (Å²) in [6, 6.07) is 0. The van der Waals surface area contributed by atoms with Gasteiger partial charge in [0, 0.05) is 0 Å². The van der Waals surface area contributed by atoms with Gasteiger partial charge in [-0.1, -0.05) is 13.0 Å². The molecule has 0 amide bonds. The topological polar surface area (TPSA) is 77.8 Å². The third-order valence-electron chi connectivity index (χ3n) is 2.83. The number of carboxylic acid groups (broad SMARTS) is 1. The van der Waals surface area contributed by atoms with Gasteiger partial charge < -0.3 is 15.3 Å². The summed E-state index contributed by atoms with van der Waals surface area (Å²) < 4.78 is -0.424. The molecule has 0 heterocycles. The summed E-state index contributed by atoms with van der Waals surface area (Å²) in [7, 11) is 2.92. The van der Waals surface area contributed by atoms with Gasteiger partial charge in [-0.05, 0) is 6.42 Å². The Kier molecular flexibility index (Phi) is 4.45. The van der Waals surface area contributed by atoms with Gasteiger partial charge in [-0.3, -0.25) is 4.48 Å². The molecule has 5 nitrogen and oxygen atoms in total. The fourth-order valence-electron chi connectivity index (χ4n) is 1.59. The third kappa shape index (κ3) is 2.19. The minimum atomic E-state index is -2.05.